The maximum atomic E-state index is 12.5. The first-order valence-electron chi connectivity index (χ1n) is 24.6. The van der Waals surface area contributed by atoms with Gasteiger partial charge in [-0.05, 0) is 12.8 Å². The second kappa shape index (κ2) is 36.2. The van der Waals surface area contributed by atoms with Gasteiger partial charge < -0.3 is 64.2 Å². The van der Waals surface area contributed by atoms with Crippen LogP contribution in [0.3, 0.4) is 0 Å². The molecule has 2 aliphatic rings. The zero-order chi connectivity index (χ0) is 44.5. The van der Waals surface area contributed by atoms with Crippen LogP contribution >= 0.6 is 0 Å². The molecule has 0 aromatic rings. The molecule has 0 aromatic heterocycles. The van der Waals surface area contributed by atoms with Crippen LogP contribution in [0.5, 0.6) is 0 Å². The Morgan fingerprint density at radius 2 is 0.869 bits per heavy atom. The number of hydrogen-bond donors (Lipinski definition) is 7. The Bertz CT molecular complexity index is 1020. The molecule has 0 aromatic carbocycles. The molecule has 2 heterocycles. The molecule has 0 spiro atoms. The molecule has 2 aliphatic heterocycles. The van der Waals surface area contributed by atoms with Crippen LogP contribution in [0.25, 0.3) is 0 Å². The minimum absolute atomic E-state index is 0.0644. The summed E-state index contributed by atoms with van der Waals surface area (Å²) >= 11 is 0. The van der Waals surface area contributed by atoms with Crippen molar-refractivity contribution in [1.29, 1.82) is 0 Å². The molecule has 0 radical (unpaired) electrons. The van der Waals surface area contributed by atoms with Gasteiger partial charge in [0.2, 0.25) is 0 Å². The Hall–Kier alpha value is -1.01. The van der Waals surface area contributed by atoms with Crippen LogP contribution in [0.1, 0.15) is 194 Å². The number of carbonyl (C=O) groups excluding carboxylic acids is 1. The van der Waals surface area contributed by atoms with E-state index >= 15 is 0 Å². The van der Waals surface area contributed by atoms with E-state index in [2.05, 4.69) is 6.92 Å². The zero-order valence-electron chi connectivity index (χ0n) is 38.2. The van der Waals surface area contributed by atoms with Gasteiger partial charge in [-0.15, -0.1) is 0 Å². The van der Waals surface area contributed by atoms with Crippen molar-refractivity contribution in [3.8, 4) is 0 Å². The van der Waals surface area contributed by atoms with Gasteiger partial charge in [0.15, 0.2) is 12.6 Å². The minimum Gasteiger partial charge on any atom is -0.457 e. The van der Waals surface area contributed by atoms with Gasteiger partial charge in [-0.1, -0.05) is 174 Å². The van der Waals surface area contributed by atoms with Crippen molar-refractivity contribution >= 4 is 5.97 Å². The lowest BCUT2D eigenvalue weighted by molar-refractivity contribution is -0.332. The van der Waals surface area contributed by atoms with E-state index in [1.54, 1.807) is 0 Å². The van der Waals surface area contributed by atoms with E-state index in [4.69, 9.17) is 28.4 Å². The van der Waals surface area contributed by atoms with E-state index < -0.39 is 86.7 Å². The average molecular weight is 879 g/mol. The van der Waals surface area contributed by atoms with Crippen molar-refractivity contribution < 1.29 is 69.0 Å². The number of aliphatic hydroxyl groups is 7. The van der Waals surface area contributed by atoms with Gasteiger partial charge in [0.05, 0.1) is 26.4 Å². The van der Waals surface area contributed by atoms with E-state index in [9.17, 15) is 40.5 Å². The maximum Gasteiger partial charge on any atom is 0.306 e. The molecule has 11 atom stereocenters. The monoisotopic (exact) mass is 879 g/mol. The predicted molar refractivity (Wildman–Crippen MR) is 234 cm³/mol. The lowest BCUT2D eigenvalue weighted by atomic mass is 9.98. The van der Waals surface area contributed by atoms with Crippen molar-refractivity contribution in [3.63, 3.8) is 0 Å². The Balaban J connectivity index is 1.54. The number of ether oxygens (including phenoxy) is 6. The zero-order valence-corrected chi connectivity index (χ0v) is 38.2. The van der Waals surface area contributed by atoms with E-state index in [1.165, 1.54) is 141 Å². The van der Waals surface area contributed by atoms with Crippen LogP contribution in [0.2, 0.25) is 0 Å². The minimum atomic E-state index is -1.70. The molecule has 14 heteroatoms. The maximum absolute atomic E-state index is 12.5. The Morgan fingerprint density at radius 1 is 0.475 bits per heavy atom. The SMILES string of the molecule is CCCCCCCCCCCCCCCCCCCCCCCCCCCOCC(COC1OC(COC2OC(CO)C(O)C(O)C2O)C(O)C(O)C1O)OC(=O)CCCC. The second-order valence-corrected chi connectivity index (χ2v) is 17.7. The molecule has 11 unspecified atom stereocenters. The summed E-state index contributed by atoms with van der Waals surface area (Å²) < 4.78 is 33.8. The average Bonchev–Trinajstić information content (AvgIpc) is 3.26. The first kappa shape index (κ1) is 56.1. The number of esters is 1. The van der Waals surface area contributed by atoms with Crippen molar-refractivity contribution in [2.24, 2.45) is 0 Å². The van der Waals surface area contributed by atoms with Crippen molar-refractivity contribution in [2.75, 3.05) is 33.0 Å². The summed E-state index contributed by atoms with van der Waals surface area (Å²) in [5.74, 6) is -0.407. The van der Waals surface area contributed by atoms with Gasteiger partial charge in [-0.2, -0.15) is 0 Å². The van der Waals surface area contributed by atoms with Crippen LogP contribution < -0.4 is 0 Å². The largest absolute Gasteiger partial charge is 0.457 e. The van der Waals surface area contributed by atoms with Crippen LogP contribution in [0.15, 0.2) is 0 Å². The van der Waals surface area contributed by atoms with Crippen LogP contribution in [-0.2, 0) is 33.2 Å². The molecule has 2 saturated heterocycles. The Morgan fingerprint density at radius 3 is 1.31 bits per heavy atom. The number of aliphatic hydroxyl groups excluding tert-OH is 7. The summed E-state index contributed by atoms with van der Waals surface area (Å²) in [6.07, 6.45) is 19.0. The standard InChI is InChI=1S/C47H90O14/c1-3-5-7-8-9-10-11-12-13-14-15-16-17-18-19-20-21-22-23-24-25-26-27-28-29-31-56-33-36(59-39(49)30-6-4-2)34-57-46-45(55)43(53)41(51)38(61-46)35-58-47-44(54)42(52)40(50)37(32-48)60-47/h36-38,40-48,50-55H,3-35H2,1-2H3. The fourth-order valence-electron chi connectivity index (χ4n) is 8.03. The van der Waals surface area contributed by atoms with Crippen molar-refractivity contribution in [3.05, 3.63) is 0 Å². The summed E-state index contributed by atoms with van der Waals surface area (Å²) in [7, 11) is 0. The van der Waals surface area contributed by atoms with Crippen LogP contribution in [0.4, 0.5) is 0 Å². The third kappa shape index (κ3) is 24.7. The summed E-state index contributed by atoms with van der Waals surface area (Å²) in [4.78, 5) is 12.5. The molecule has 362 valence electrons. The molecule has 0 aliphatic carbocycles. The predicted octanol–water partition coefficient (Wildman–Crippen LogP) is 6.52. The number of rotatable bonds is 39. The summed E-state index contributed by atoms with van der Waals surface area (Å²) in [6.45, 7) is 3.46. The molecule has 7 N–H and O–H groups in total. The second-order valence-electron chi connectivity index (χ2n) is 17.7. The molecule has 2 rings (SSSR count). The van der Waals surface area contributed by atoms with Crippen LogP contribution in [-0.4, -0.2) is 142 Å². The summed E-state index contributed by atoms with van der Waals surface area (Å²) in [6, 6.07) is 0. The normalized spacial score (nSPS) is 27.4. The Kier molecular flexibility index (Phi) is 33.3. The molecular formula is C47H90O14. The summed E-state index contributed by atoms with van der Waals surface area (Å²) in [5, 5.41) is 71.5. The molecule has 0 bridgehead atoms. The van der Waals surface area contributed by atoms with Gasteiger partial charge in [-0.3, -0.25) is 4.79 Å². The van der Waals surface area contributed by atoms with E-state index in [-0.39, 0.29) is 19.6 Å². The first-order chi connectivity index (χ1) is 29.6. The molecule has 0 saturated carbocycles. The van der Waals surface area contributed by atoms with E-state index in [1.807, 2.05) is 6.92 Å². The number of hydrogen-bond acceptors (Lipinski definition) is 14. The Labute approximate surface area is 368 Å². The fourth-order valence-corrected chi connectivity index (χ4v) is 8.03. The van der Waals surface area contributed by atoms with Crippen LogP contribution in [0, 0.1) is 0 Å². The van der Waals surface area contributed by atoms with Gasteiger partial charge >= 0.3 is 5.97 Å². The van der Waals surface area contributed by atoms with Gasteiger partial charge in [0.1, 0.15) is 54.9 Å². The molecular weight excluding hydrogens is 789 g/mol. The highest BCUT2D eigenvalue weighted by atomic mass is 16.7. The van der Waals surface area contributed by atoms with Gasteiger partial charge in [0, 0.05) is 13.0 Å². The quantitative estimate of drug-likeness (QED) is 0.0259. The lowest BCUT2D eigenvalue weighted by Crippen LogP contribution is -2.61. The van der Waals surface area contributed by atoms with Crippen molar-refractivity contribution in [2.45, 2.75) is 261 Å². The number of unbranched alkanes of at least 4 members (excludes halogenated alkanes) is 25. The van der Waals surface area contributed by atoms with E-state index in [0.717, 1.165) is 25.7 Å². The van der Waals surface area contributed by atoms with E-state index in [0.29, 0.717) is 13.0 Å². The molecule has 61 heavy (non-hydrogen) atoms. The van der Waals surface area contributed by atoms with Crippen molar-refractivity contribution in [1.82, 2.24) is 0 Å². The fraction of sp³-hybridized carbons (Fsp3) is 0.979. The highest BCUT2D eigenvalue weighted by molar-refractivity contribution is 5.69. The third-order valence-electron chi connectivity index (χ3n) is 12.1. The molecule has 14 nitrogen and oxygen atoms in total. The third-order valence-corrected chi connectivity index (χ3v) is 12.1. The molecule has 0 amide bonds. The highest BCUT2D eigenvalue weighted by Crippen LogP contribution is 2.26. The topological polar surface area (TPSA) is 214 Å². The molecule has 2 fully saturated rings. The lowest BCUT2D eigenvalue weighted by Gasteiger charge is -2.42. The van der Waals surface area contributed by atoms with Gasteiger partial charge in [-0.25, -0.2) is 0 Å². The van der Waals surface area contributed by atoms with Gasteiger partial charge in [0.25, 0.3) is 0 Å². The first-order valence-corrected chi connectivity index (χ1v) is 24.6. The summed E-state index contributed by atoms with van der Waals surface area (Å²) in [5.41, 5.74) is 0. The highest BCUT2D eigenvalue weighted by Gasteiger charge is 2.47. The smallest absolute Gasteiger partial charge is 0.306 e. The number of carbonyl (C=O) groups is 1.